The molecule has 0 aliphatic heterocycles. The molecule has 0 radical (unpaired) electrons. The molecule has 1 saturated carbocycles. The van der Waals surface area contributed by atoms with Crippen molar-refractivity contribution in [2.75, 3.05) is 6.98 Å². The third-order valence-corrected chi connectivity index (χ3v) is 2.47. The maximum atomic E-state index is 13.2. The van der Waals surface area contributed by atoms with Crippen LogP contribution in [0.4, 0.5) is 0 Å². The second-order valence-corrected chi connectivity index (χ2v) is 3.43. The Morgan fingerprint density at radius 1 is 1.62 bits per heavy atom. The number of nitrogens with one attached hydrogen (secondary N) is 1. The average Bonchev–Trinajstić information content (AvgIpc) is 2.53. The molecule has 3 heteroatoms. The van der Waals surface area contributed by atoms with Gasteiger partial charge in [0.2, 0.25) is 0 Å². The zero-order valence-electron chi connectivity index (χ0n) is 21.0. The molecule has 2 nitrogen and oxygen atoms in total. The number of Topliss-reactive ketones (excluding diaryl/α,β-unsaturated/α-hetero) is 1. The number of carbonyl (C=O) groups is 1. The van der Waals surface area contributed by atoms with Crippen molar-refractivity contribution >= 4 is 17.4 Å². The van der Waals surface area contributed by atoms with Crippen molar-refractivity contribution in [2.24, 2.45) is 0 Å². The van der Waals surface area contributed by atoms with E-state index in [1.54, 1.807) is 5.32 Å². The number of rotatable bonds is 2. The molecule has 1 aliphatic carbocycles. The van der Waals surface area contributed by atoms with Gasteiger partial charge in [0.25, 0.3) is 0 Å². The average molecular weight is 251 g/mol. The van der Waals surface area contributed by atoms with Crippen LogP contribution in [0.5, 0.6) is 0 Å². The summed E-state index contributed by atoms with van der Waals surface area (Å²) in [7, 11) is 0. The molecule has 0 saturated heterocycles. The Bertz CT molecular complexity index is 851. The summed E-state index contributed by atoms with van der Waals surface area (Å²) >= 11 is 6.01. The maximum absolute atomic E-state index is 13.2. The lowest BCUT2D eigenvalue weighted by molar-refractivity contribution is -0.127. The number of likely N-dealkylation sites (N-methyl/N-ethyl adjacent to an activating group) is 1. The minimum absolute atomic E-state index is 0.824. The zero-order chi connectivity index (χ0) is 23.0. The van der Waals surface area contributed by atoms with E-state index in [1.165, 1.54) is 0 Å². The number of halogens is 1. The number of hydrogen-bond donors (Lipinski definition) is 1. The van der Waals surface area contributed by atoms with E-state index in [2.05, 4.69) is 0 Å². The highest BCUT2D eigenvalue weighted by atomic mass is 35.5. The predicted molar refractivity (Wildman–Crippen MR) is 65.7 cm³/mol. The van der Waals surface area contributed by atoms with E-state index < -0.39 is 78.6 Å². The Balaban J connectivity index is 3.09. The van der Waals surface area contributed by atoms with E-state index >= 15 is 0 Å². The summed E-state index contributed by atoms with van der Waals surface area (Å²) in [6, 6.07) is -3.69. The quantitative estimate of drug-likeness (QED) is 0.875. The number of benzene rings is 1. The van der Waals surface area contributed by atoms with Gasteiger partial charge in [0.05, 0.1) is 5.48 Å². The van der Waals surface area contributed by atoms with Crippen molar-refractivity contribution in [1.29, 1.82) is 0 Å². The van der Waals surface area contributed by atoms with Gasteiger partial charge in [0.1, 0.15) is 5.54 Å². The van der Waals surface area contributed by atoms with Gasteiger partial charge in [-0.15, -0.1) is 0 Å². The van der Waals surface area contributed by atoms with Crippen molar-refractivity contribution in [3.63, 3.8) is 0 Å². The van der Waals surface area contributed by atoms with Crippen molar-refractivity contribution < 1.29 is 22.6 Å². The molecule has 1 atom stereocenters. The molecule has 86 valence electrons. The fourth-order valence-corrected chi connectivity index (χ4v) is 1.63. The van der Waals surface area contributed by atoms with E-state index in [9.17, 15) is 4.79 Å². The Morgan fingerprint density at radius 3 is 3.25 bits per heavy atom. The molecule has 0 heterocycles. The summed E-state index contributed by atoms with van der Waals surface area (Å²) < 4.78 is 102. The van der Waals surface area contributed by atoms with Gasteiger partial charge in [0.15, 0.2) is 5.78 Å². The van der Waals surface area contributed by atoms with Gasteiger partial charge >= 0.3 is 0 Å². The monoisotopic (exact) mass is 250 g/mol. The van der Waals surface area contributed by atoms with Gasteiger partial charge in [-0.25, -0.2) is 0 Å². The molecule has 0 amide bonds. The van der Waals surface area contributed by atoms with Crippen molar-refractivity contribution in [2.45, 2.75) is 31.1 Å². The third kappa shape index (κ3) is 1.76. The molecular formula is C13H16ClNO. The third-order valence-electron chi connectivity index (χ3n) is 2.19. The van der Waals surface area contributed by atoms with Gasteiger partial charge in [0, 0.05) is 23.7 Å². The lowest BCUT2D eigenvalue weighted by Crippen LogP contribution is -2.49. The fraction of sp³-hybridized carbons (Fsp3) is 0.462. The van der Waals surface area contributed by atoms with Crippen LogP contribution in [-0.4, -0.2) is 12.8 Å². The van der Waals surface area contributed by atoms with Crippen LogP contribution < -0.4 is 5.32 Å². The van der Waals surface area contributed by atoms with Crippen molar-refractivity contribution in [1.82, 2.24) is 5.32 Å². The molecule has 1 fully saturated rings. The van der Waals surface area contributed by atoms with E-state index in [-0.39, 0.29) is 0 Å². The van der Waals surface area contributed by atoms with E-state index in [0.717, 1.165) is 0 Å². The highest BCUT2D eigenvalue weighted by Crippen LogP contribution is 2.37. The van der Waals surface area contributed by atoms with Crippen LogP contribution in [0.25, 0.3) is 0 Å². The topological polar surface area (TPSA) is 29.1 Å². The lowest BCUT2D eigenvalue weighted by atomic mass is 9.75. The fourth-order valence-electron chi connectivity index (χ4n) is 1.40. The molecule has 16 heavy (non-hydrogen) atoms. The molecule has 1 N–H and O–H groups in total. The zero-order valence-corrected chi connectivity index (χ0v) is 8.75. The SMILES string of the molecule is [2H]c1c([2H])c([2H])c(C2(NC([2H])([2H])[2H])C(=O)C([2H])([2H])C([2H])([2H])CC2([2H])[2H])c(Cl)c1[2H]. The predicted octanol–water partition coefficient (Wildman–Crippen LogP) is 2.90. The summed E-state index contributed by atoms with van der Waals surface area (Å²) in [5.41, 5.74) is -4.21. The molecule has 0 aromatic heterocycles. The largest absolute Gasteiger partial charge is 0.304 e. The number of carbonyl (C=O) groups excluding carboxylic acids is 1. The van der Waals surface area contributed by atoms with Crippen LogP contribution in [0.15, 0.2) is 24.2 Å². The standard InChI is InChI=1S/C13H16ClNO/c1-15-13(9-5-4-8-12(13)16)10-6-2-3-7-11(10)14/h2-3,6-7,15H,4-5,8-9H2,1H3/i1D3,2D,3D,4D2,6D,7D,8D2,9D2. The smallest absolute Gasteiger partial charge is 0.157 e. The Labute approximate surface area is 119 Å². The molecule has 0 bridgehead atoms. The Hall–Kier alpha value is -0.860. The molecule has 1 unspecified atom stereocenters. The highest BCUT2D eigenvalue weighted by Gasteiger charge is 2.40. The van der Waals surface area contributed by atoms with E-state index in [4.69, 9.17) is 29.4 Å². The van der Waals surface area contributed by atoms with Crippen LogP contribution in [0, 0.1) is 0 Å². The molecule has 1 aliphatic rings. The van der Waals surface area contributed by atoms with Gasteiger partial charge < -0.3 is 5.32 Å². The molecule has 1 aromatic rings. The van der Waals surface area contributed by atoms with E-state index in [0.29, 0.717) is 0 Å². The summed E-state index contributed by atoms with van der Waals surface area (Å²) in [5.74, 6) is -1.88. The van der Waals surface area contributed by atoms with Gasteiger partial charge in [-0.2, -0.15) is 0 Å². The second kappa shape index (κ2) is 4.56. The van der Waals surface area contributed by atoms with Crippen LogP contribution in [0.1, 0.15) is 48.9 Å². The first-order valence-electron chi connectivity index (χ1n) is 10.9. The normalized spacial score (nSPS) is 47.8. The number of ketones is 1. The minimum atomic E-state index is -3.41. The van der Waals surface area contributed by atoms with Crippen LogP contribution in [0.2, 0.25) is 5.02 Å². The molecule has 2 rings (SSSR count). The van der Waals surface area contributed by atoms with Crippen LogP contribution in [-0.2, 0) is 10.3 Å². The molecular weight excluding hydrogens is 222 g/mol. The van der Waals surface area contributed by atoms with Gasteiger partial charge in [-0.3, -0.25) is 4.79 Å². The summed E-state index contributed by atoms with van der Waals surface area (Å²) in [6.45, 7) is -3.29. The van der Waals surface area contributed by atoms with Gasteiger partial charge in [-0.05, 0) is 31.3 Å². The molecule has 0 spiro atoms. The lowest BCUT2D eigenvalue weighted by Gasteiger charge is -2.36. The van der Waals surface area contributed by atoms with Crippen LogP contribution >= 0.6 is 11.6 Å². The first-order valence-corrected chi connectivity index (χ1v) is 4.73. The number of hydrogen-bond acceptors (Lipinski definition) is 2. The Kier molecular flexibility index (Phi) is 1.02. The first-order chi connectivity index (χ1) is 12.7. The van der Waals surface area contributed by atoms with E-state index in [1.807, 2.05) is 0 Å². The summed E-state index contributed by atoms with van der Waals surface area (Å²) in [6.07, 6.45) is -10.9. The molecule has 1 aromatic carbocycles. The minimum Gasteiger partial charge on any atom is -0.304 e. The Morgan fingerprint density at radius 2 is 2.44 bits per heavy atom. The summed E-state index contributed by atoms with van der Waals surface area (Å²) in [5, 5.41) is 0.841. The van der Waals surface area contributed by atoms with Gasteiger partial charge in [-0.1, -0.05) is 36.1 Å². The summed E-state index contributed by atoms with van der Waals surface area (Å²) in [4.78, 5) is 13.2. The maximum Gasteiger partial charge on any atom is 0.157 e. The van der Waals surface area contributed by atoms with Crippen molar-refractivity contribution in [3.8, 4) is 0 Å². The second-order valence-electron chi connectivity index (χ2n) is 3.05. The highest BCUT2D eigenvalue weighted by molar-refractivity contribution is 6.31. The first kappa shape index (κ1) is 3.56. The van der Waals surface area contributed by atoms with Crippen LogP contribution in [0.3, 0.4) is 0 Å². The van der Waals surface area contributed by atoms with Crippen molar-refractivity contribution in [3.05, 3.63) is 34.8 Å².